The SMILES string of the molecule is COC(=O)CCCN1C(=S)N[C@H](c2ccccn2)[C@@H]1c1cc(C)n(CCCN2CCOCC2)c1C. The fraction of sp³-hybridized carbons (Fsp3) is 0.577. The molecular formula is C26H37N5O3S. The lowest BCUT2D eigenvalue weighted by Crippen LogP contribution is -2.37. The number of rotatable bonds is 10. The van der Waals surface area contributed by atoms with Crippen molar-refractivity contribution in [3.05, 3.63) is 53.1 Å². The van der Waals surface area contributed by atoms with Crippen molar-refractivity contribution in [3.8, 4) is 0 Å². The number of aryl methyl sites for hydroxylation is 1. The summed E-state index contributed by atoms with van der Waals surface area (Å²) in [4.78, 5) is 21.1. The first-order chi connectivity index (χ1) is 17.0. The Hall–Kier alpha value is -2.49. The van der Waals surface area contributed by atoms with Gasteiger partial charge in [0.1, 0.15) is 0 Å². The van der Waals surface area contributed by atoms with Crippen molar-refractivity contribution < 1.29 is 14.3 Å². The van der Waals surface area contributed by atoms with Gasteiger partial charge in [0.05, 0.1) is 38.1 Å². The quantitative estimate of drug-likeness (QED) is 0.395. The Bertz CT molecular complexity index is 1010. The Labute approximate surface area is 213 Å². The molecule has 0 unspecified atom stereocenters. The van der Waals surface area contributed by atoms with Gasteiger partial charge >= 0.3 is 5.97 Å². The van der Waals surface area contributed by atoms with E-state index in [0.717, 1.165) is 51.5 Å². The summed E-state index contributed by atoms with van der Waals surface area (Å²) in [6.45, 7) is 10.8. The molecule has 2 aromatic rings. The van der Waals surface area contributed by atoms with E-state index < -0.39 is 0 Å². The van der Waals surface area contributed by atoms with Gasteiger partial charge in [0.15, 0.2) is 5.11 Å². The third-order valence-corrected chi connectivity index (χ3v) is 7.45. The summed E-state index contributed by atoms with van der Waals surface area (Å²) >= 11 is 5.78. The highest BCUT2D eigenvalue weighted by atomic mass is 32.1. The summed E-state index contributed by atoms with van der Waals surface area (Å²) < 4.78 is 12.7. The highest BCUT2D eigenvalue weighted by Gasteiger charge is 2.41. The van der Waals surface area contributed by atoms with E-state index in [0.29, 0.717) is 24.5 Å². The number of carbonyl (C=O) groups is 1. The number of morpholine rings is 1. The molecule has 1 N–H and O–H groups in total. The lowest BCUT2D eigenvalue weighted by molar-refractivity contribution is -0.140. The molecule has 190 valence electrons. The molecule has 0 aliphatic carbocycles. The van der Waals surface area contributed by atoms with Gasteiger partial charge in [-0.1, -0.05) is 6.07 Å². The topological polar surface area (TPSA) is 71.9 Å². The number of methoxy groups -OCH3 is 1. The van der Waals surface area contributed by atoms with E-state index in [1.165, 1.54) is 24.1 Å². The fourth-order valence-corrected chi connectivity index (χ4v) is 5.56. The zero-order valence-electron chi connectivity index (χ0n) is 21.0. The van der Waals surface area contributed by atoms with Crippen LogP contribution in [0.5, 0.6) is 0 Å². The maximum atomic E-state index is 11.7. The maximum absolute atomic E-state index is 11.7. The number of pyridine rings is 1. The molecular weight excluding hydrogens is 462 g/mol. The van der Waals surface area contributed by atoms with Crippen molar-refractivity contribution in [3.63, 3.8) is 0 Å². The summed E-state index contributed by atoms with van der Waals surface area (Å²) in [6, 6.07) is 8.25. The molecule has 2 saturated heterocycles. The first-order valence-corrected chi connectivity index (χ1v) is 12.9. The summed E-state index contributed by atoms with van der Waals surface area (Å²) in [5.41, 5.74) is 4.74. The number of nitrogens with one attached hydrogen (secondary N) is 1. The molecule has 2 atom stereocenters. The number of hydrogen-bond acceptors (Lipinski definition) is 6. The number of esters is 1. The average Bonchev–Trinajstić information content (AvgIpc) is 3.35. The van der Waals surface area contributed by atoms with Crippen molar-refractivity contribution in [2.24, 2.45) is 0 Å². The minimum absolute atomic E-state index is 0.00856. The summed E-state index contributed by atoms with van der Waals surface area (Å²) in [6.07, 6.45) is 3.98. The Morgan fingerprint density at radius 2 is 2.00 bits per heavy atom. The van der Waals surface area contributed by atoms with Crippen LogP contribution in [-0.2, 0) is 20.8 Å². The van der Waals surface area contributed by atoms with Crippen molar-refractivity contribution in [2.75, 3.05) is 46.5 Å². The molecule has 35 heavy (non-hydrogen) atoms. The number of carbonyl (C=O) groups excluding carboxylic acids is 1. The van der Waals surface area contributed by atoms with E-state index in [4.69, 9.17) is 21.7 Å². The predicted octanol–water partition coefficient (Wildman–Crippen LogP) is 3.15. The lowest BCUT2D eigenvalue weighted by Gasteiger charge is -2.28. The maximum Gasteiger partial charge on any atom is 0.305 e. The Morgan fingerprint density at radius 1 is 1.20 bits per heavy atom. The van der Waals surface area contributed by atoms with Gasteiger partial charge in [-0.3, -0.25) is 14.7 Å². The molecule has 2 aliphatic rings. The highest BCUT2D eigenvalue weighted by molar-refractivity contribution is 7.80. The number of aromatic nitrogens is 2. The van der Waals surface area contributed by atoms with Crippen LogP contribution < -0.4 is 5.32 Å². The van der Waals surface area contributed by atoms with Crippen molar-refractivity contribution in [1.29, 1.82) is 0 Å². The number of hydrogen-bond donors (Lipinski definition) is 1. The second-order valence-corrected chi connectivity index (χ2v) is 9.67. The van der Waals surface area contributed by atoms with E-state index >= 15 is 0 Å². The minimum atomic E-state index is -0.195. The first kappa shape index (κ1) is 25.6. The third kappa shape index (κ3) is 6.02. The van der Waals surface area contributed by atoms with Crippen molar-refractivity contribution in [1.82, 2.24) is 24.7 Å². The summed E-state index contributed by atoms with van der Waals surface area (Å²) in [5, 5.41) is 4.22. The van der Waals surface area contributed by atoms with Crippen LogP contribution in [-0.4, -0.2) is 76.9 Å². The van der Waals surface area contributed by atoms with Crippen LogP contribution in [0.4, 0.5) is 0 Å². The van der Waals surface area contributed by atoms with Gasteiger partial charge in [-0.2, -0.15) is 0 Å². The van der Waals surface area contributed by atoms with Crippen LogP contribution in [0.1, 0.15) is 54.0 Å². The van der Waals surface area contributed by atoms with Crippen LogP contribution in [0.2, 0.25) is 0 Å². The van der Waals surface area contributed by atoms with Crippen molar-refractivity contribution in [2.45, 2.75) is 51.7 Å². The molecule has 0 amide bonds. The molecule has 0 bridgehead atoms. The van der Waals surface area contributed by atoms with Gasteiger partial charge in [-0.15, -0.1) is 0 Å². The second-order valence-electron chi connectivity index (χ2n) is 9.29. The molecule has 4 rings (SSSR count). The molecule has 8 nitrogen and oxygen atoms in total. The zero-order valence-corrected chi connectivity index (χ0v) is 21.9. The minimum Gasteiger partial charge on any atom is -0.469 e. The van der Waals surface area contributed by atoms with Crippen LogP contribution in [0.3, 0.4) is 0 Å². The Kier molecular flexibility index (Phi) is 8.75. The number of thiocarbonyl (C=S) groups is 1. The molecule has 0 radical (unpaired) electrons. The van der Waals surface area contributed by atoms with Gasteiger partial charge in [-0.05, 0) is 62.7 Å². The van der Waals surface area contributed by atoms with Gasteiger partial charge in [0, 0.05) is 56.7 Å². The van der Waals surface area contributed by atoms with E-state index in [1.54, 1.807) is 0 Å². The van der Waals surface area contributed by atoms with Gasteiger partial charge < -0.3 is 24.3 Å². The van der Waals surface area contributed by atoms with Crippen LogP contribution in [0, 0.1) is 13.8 Å². The fourth-order valence-electron chi connectivity index (χ4n) is 5.23. The van der Waals surface area contributed by atoms with Crippen LogP contribution in [0.25, 0.3) is 0 Å². The molecule has 0 spiro atoms. The Morgan fingerprint density at radius 3 is 2.71 bits per heavy atom. The standard InChI is InChI=1S/C26H37N5O3S/c1-19-18-21(20(2)30(19)13-7-11-29-14-16-34-17-15-29)25-24(22-8-4-5-10-27-22)28-26(35)31(25)12-6-9-23(32)33-3/h4-5,8,10,18,24-25H,6-7,9,11-17H2,1-3H3,(H,28,35)/t24-,25+/m1/s1. The van der Waals surface area contributed by atoms with E-state index in [-0.39, 0.29) is 18.1 Å². The number of nitrogens with zero attached hydrogens (tertiary/aromatic N) is 4. The van der Waals surface area contributed by atoms with Gasteiger partial charge in [0.2, 0.25) is 0 Å². The molecule has 2 fully saturated rings. The van der Waals surface area contributed by atoms with Crippen LogP contribution in [0.15, 0.2) is 30.5 Å². The molecule has 2 aliphatic heterocycles. The Balaban J connectivity index is 1.55. The smallest absolute Gasteiger partial charge is 0.305 e. The lowest BCUT2D eigenvalue weighted by atomic mass is 9.96. The molecule has 0 aromatic carbocycles. The van der Waals surface area contributed by atoms with Gasteiger partial charge in [-0.25, -0.2) is 0 Å². The van der Waals surface area contributed by atoms with E-state index in [9.17, 15) is 4.79 Å². The molecule has 4 heterocycles. The third-order valence-electron chi connectivity index (χ3n) is 7.10. The van der Waals surface area contributed by atoms with E-state index in [1.807, 2.05) is 24.4 Å². The molecule has 2 aromatic heterocycles. The summed E-state index contributed by atoms with van der Waals surface area (Å²) in [7, 11) is 1.43. The monoisotopic (exact) mass is 499 g/mol. The highest BCUT2D eigenvalue weighted by Crippen LogP contribution is 2.41. The second kappa shape index (κ2) is 12.0. The van der Waals surface area contributed by atoms with Crippen LogP contribution >= 0.6 is 12.2 Å². The number of ether oxygens (including phenoxy) is 2. The predicted molar refractivity (Wildman–Crippen MR) is 139 cm³/mol. The first-order valence-electron chi connectivity index (χ1n) is 12.5. The van der Waals surface area contributed by atoms with Crippen molar-refractivity contribution >= 4 is 23.3 Å². The zero-order chi connectivity index (χ0) is 24.8. The molecule has 0 saturated carbocycles. The average molecular weight is 500 g/mol. The van der Waals surface area contributed by atoms with Gasteiger partial charge in [0.25, 0.3) is 0 Å². The largest absolute Gasteiger partial charge is 0.469 e. The molecule has 9 heteroatoms. The normalized spacial score (nSPS) is 20.8. The summed E-state index contributed by atoms with van der Waals surface area (Å²) in [5.74, 6) is -0.195. The van der Waals surface area contributed by atoms with E-state index in [2.05, 4.69) is 44.6 Å².